The Labute approximate surface area is 142 Å². The minimum Gasteiger partial charge on any atom is -0.352 e. The molecule has 1 aromatic heterocycles. The number of amides is 2. The van der Waals surface area contributed by atoms with Gasteiger partial charge in [0.15, 0.2) is 0 Å². The molecule has 24 heavy (non-hydrogen) atoms. The number of nitrogens with one attached hydrogen (secondary N) is 1. The summed E-state index contributed by atoms with van der Waals surface area (Å²) in [5.74, 6) is -0.0733. The number of aromatic nitrogens is 1. The van der Waals surface area contributed by atoms with Gasteiger partial charge in [-0.15, -0.1) is 0 Å². The quantitative estimate of drug-likeness (QED) is 0.809. The van der Waals surface area contributed by atoms with Crippen LogP contribution in [-0.2, 0) is 22.6 Å². The van der Waals surface area contributed by atoms with Gasteiger partial charge in [-0.3, -0.25) is 14.6 Å². The predicted molar refractivity (Wildman–Crippen MR) is 93.1 cm³/mol. The van der Waals surface area contributed by atoms with Crippen molar-refractivity contribution in [2.75, 3.05) is 13.1 Å². The molecular weight excluding hydrogens is 302 g/mol. The smallest absolute Gasteiger partial charge is 0.222 e. The molecule has 0 saturated heterocycles. The van der Waals surface area contributed by atoms with Crippen molar-refractivity contribution in [3.8, 4) is 0 Å². The van der Waals surface area contributed by atoms with Crippen LogP contribution in [0.5, 0.6) is 0 Å². The van der Waals surface area contributed by atoms with E-state index < -0.39 is 0 Å². The first-order valence-corrected chi connectivity index (χ1v) is 8.10. The third-order valence-corrected chi connectivity index (χ3v) is 3.78. The number of hydrogen-bond donors (Lipinski definition) is 1. The van der Waals surface area contributed by atoms with E-state index in [1.54, 1.807) is 24.2 Å². The second kappa shape index (κ2) is 9.45. The van der Waals surface area contributed by atoms with Crippen LogP contribution in [0.25, 0.3) is 0 Å². The lowest BCUT2D eigenvalue weighted by atomic mass is 10.1. The molecule has 0 aliphatic heterocycles. The fourth-order valence-electron chi connectivity index (χ4n) is 2.36. The third-order valence-electron chi connectivity index (χ3n) is 3.78. The van der Waals surface area contributed by atoms with E-state index in [4.69, 9.17) is 0 Å². The Morgan fingerprint density at radius 1 is 1.04 bits per heavy atom. The van der Waals surface area contributed by atoms with E-state index >= 15 is 0 Å². The van der Waals surface area contributed by atoms with Crippen molar-refractivity contribution < 1.29 is 9.59 Å². The summed E-state index contributed by atoms with van der Waals surface area (Å²) in [7, 11) is 0. The highest BCUT2D eigenvalue weighted by Crippen LogP contribution is 2.03. The van der Waals surface area contributed by atoms with Crippen LogP contribution < -0.4 is 5.32 Å². The molecule has 0 aliphatic carbocycles. The Bertz CT molecular complexity index is 644. The normalized spacial score (nSPS) is 10.2. The van der Waals surface area contributed by atoms with Crippen LogP contribution in [0.4, 0.5) is 0 Å². The first-order chi connectivity index (χ1) is 11.6. The van der Waals surface area contributed by atoms with Crippen LogP contribution in [0.1, 0.15) is 24.5 Å². The maximum Gasteiger partial charge on any atom is 0.222 e. The monoisotopic (exact) mass is 325 g/mol. The van der Waals surface area contributed by atoms with Crippen LogP contribution in [0.15, 0.2) is 54.9 Å². The van der Waals surface area contributed by atoms with Crippen LogP contribution in [0.2, 0.25) is 0 Å². The second-order valence-corrected chi connectivity index (χ2v) is 5.63. The van der Waals surface area contributed by atoms with Crippen LogP contribution in [0.3, 0.4) is 0 Å². The Hall–Kier alpha value is -2.69. The number of pyridine rings is 1. The molecule has 0 fully saturated rings. The van der Waals surface area contributed by atoms with Crippen LogP contribution in [0, 0.1) is 0 Å². The summed E-state index contributed by atoms with van der Waals surface area (Å²) in [6.07, 6.45) is 4.51. The number of rotatable bonds is 8. The van der Waals surface area contributed by atoms with Crippen molar-refractivity contribution in [1.29, 1.82) is 0 Å². The number of carbonyl (C=O) groups excluding carboxylic acids is 2. The van der Waals surface area contributed by atoms with E-state index in [9.17, 15) is 9.59 Å². The molecule has 5 heteroatoms. The van der Waals surface area contributed by atoms with Crippen LogP contribution >= 0.6 is 0 Å². The van der Waals surface area contributed by atoms with E-state index in [0.29, 0.717) is 26.1 Å². The summed E-state index contributed by atoms with van der Waals surface area (Å²) in [5, 5.41) is 2.85. The van der Waals surface area contributed by atoms with Gasteiger partial charge < -0.3 is 10.2 Å². The molecule has 0 unspecified atom stereocenters. The first kappa shape index (κ1) is 17.7. The molecule has 2 rings (SSSR count). The minimum absolute atomic E-state index is 0.00834. The highest BCUT2D eigenvalue weighted by molar-refractivity contribution is 5.78. The standard InChI is InChI=1S/C19H23N3O2/c1-16(23)22(12-9-17-6-3-2-4-7-17)13-10-19(24)21-15-18-8-5-11-20-14-18/h2-8,11,14H,9-10,12-13,15H2,1H3,(H,21,24). The van der Waals surface area contributed by atoms with Gasteiger partial charge in [-0.25, -0.2) is 0 Å². The molecule has 5 nitrogen and oxygen atoms in total. The van der Waals surface area contributed by atoms with Gasteiger partial charge >= 0.3 is 0 Å². The van der Waals surface area contributed by atoms with Gasteiger partial charge in [-0.05, 0) is 23.6 Å². The van der Waals surface area contributed by atoms with Gasteiger partial charge in [-0.1, -0.05) is 36.4 Å². The largest absolute Gasteiger partial charge is 0.352 e. The molecule has 0 bridgehead atoms. The summed E-state index contributed by atoms with van der Waals surface area (Å²) in [6, 6.07) is 13.8. The molecule has 2 amide bonds. The van der Waals surface area contributed by atoms with Crippen LogP contribution in [-0.4, -0.2) is 34.8 Å². The zero-order valence-electron chi connectivity index (χ0n) is 13.9. The van der Waals surface area contributed by atoms with E-state index in [2.05, 4.69) is 10.3 Å². The topological polar surface area (TPSA) is 62.3 Å². The Balaban J connectivity index is 1.74. The molecule has 0 radical (unpaired) electrons. The molecule has 1 heterocycles. The lowest BCUT2D eigenvalue weighted by Gasteiger charge is -2.20. The Morgan fingerprint density at radius 3 is 2.46 bits per heavy atom. The molecule has 0 saturated carbocycles. The van der Waals surface area contributed by atoms with Gasteiger partial charge in [0.05, 0.1) is 0 Å². The SMILES string of the molecule is CC(=O)N(CCC(=O)NCc1cccnc1)CCc1ccccc1. The molecule has 126 valence electrons. The van der Waals surface area contributed by atoms with Crippen molar-refractivity contribution in [2.24, 2.45) is 0 Å². The highest BCUT2D eigenvalue weighted by atomic mass is 16.2. The zero-order valence-corrected chi connectivity index (χ0v) is 13.9. The zero-order chi connectivity index (χ0) is 17.2. The van der Waals surface area contributed by atoms with Crippen molar-refractivity contribution in [1.82, 2.24) is 15.2 Å². The van der Waals surface area contributed by atoms with Gasteiger partial charge in [0.25, 0.3) is 0 Å². The fraction of sp³-hybridized carbons (Fsp3) is 0.316. The van der Waals surface area contributed by atoms with E-state index in [1.165, 1.54) is 5.56 Å². The second-order valence-electron chi connectivity index (χ2n) is 5.63. The lowest BCUT2D eigenvalue weighted by molar-refractivity contribution is -0.129. The maximum absolute atomic E-state index is 11.9. The van der Waals surface area contributed by atoms with E-state index in [1.807, 2.05) is 42.5 Å². The molecular formula is C19H23N3O2. The van der Waals surface area contributed by atoms with Gasteiger partial charge in [-0.2, -0.15) is 0 Å². The van der Waals surface area contributed by atoms with Crippen molar-refractivity contribution in [3.63, 3.8) is 0 Å². The maximum atomic E-state index is 11.9. The fourth-order valence-corrected chi connectivity index (χ4v) is 2.36. The summed E-state index contributed by atoms with van der Waals surface area (Å²) < 4.78 is 0. The molecule has 0 aliphatic rings. The summed E-state index contributed by atoms with van der Waals surface area (Å²) >= 11 is 0. The van der Waals surface area contributed by atoms with Crippen molar-refractivity contribution in [2.45, 2.75) is 26.3 Å². The lowest BCUT2D eigenvalue weighted by Crippen LogP contribution is -2.35. The van der Waals surface area contributed by atoms with Gasteiger partial charge in [0.2, 0.25) is 11.8 Å². The number of benzene rings is 1. The molecule has 2 aromatic rings. The average Bonchev–Trinajstić information content (AvgIpc) is 2.61. The number of hydrogen-bond acceptors (Lipinski definition) is 3. The molecule has 0 spiro atoms. The first-order valence-electron chi connectivity index (χ1n) is 8.10. The summed E-state index contributed by atoms with van der Waals surface area (Å²) in [6.45, 7) is 3.05. The minimum atomic E-state index is -0.0650. The number of carbonyl (C=O) groups is 2. The van der Waals surface area contributed by atoms with Crippen molar-refractivity contribution >= 4 is 11.8 Å². The number of nitrogens with zero attached hydrogens (tertiary/aromatic N) is 2. The highest BCUT2D eigenvalue weighted by Gasteiger charge is 2.11. The Kier molecular flexibility index (Phi) is 6.95. The third kappa shape index (κ3) is 6.20. The summed E-state index contributed by atoms with van der Waals surface area (Å²) in [5.41, 5.74) is 2.14. The molecule has 1 N–H and O–H groups in total. The predicted octanol–water partition coefficient (Wildman–Crippen LogP) is 2.18. The molecule has 1 aromatic carbocycles. The van der Waals surface area contributed by atoms with Gasteiger partial charge in [0.1, 0.15) is 0 Å². The molecule has 0 atom stereocenters. The van der Waals surface area contributed by atoms with E-state index in [-0.39, 0.29) is 11.8 Å². The van der Waals surface area contributed by atoms with Crippen molar-refractivity contribution in [3.05, 3.63) is 66.0 Å². The average molecular weight is 325 g/mol. The van der Waals surface area contributed by atoms with Gasteiger partial charge in [0, 0.05) is 45.4 Å². The summed E-state index contributed by atoms with van der Waals surface area (Å²) in [4.78, 5) is 29.4. The Morgan fingerprint density at radius 2 is 1.79 bits per heavy atom. The van der Waals surface area contributed by atoms with E-state index in [0.717, 1.165) is 12.0 Å².